The maximum absolute atomic E-state index is 11.6. The number of sulfonamides is 1. The van der Waals surface area contributed by atoms with E-state index >= 15 is 0 Å². The van der Waals surface area contributed by atoms with Crippen molar-refractivity contribution in [2.45, 2.75) is 25.4 Å². The van der Waals surface area contributed by atoms with E-state index in [2.05, 4.69) is 15.1 Å². The minimum absolute atomic E-state index is 0.0542. The molecule has 2 heterocycles. The lowest BCUT2D eigenvalue weighted by Crippen LogP contribution is -2.44. The zero-order chi connectivity index (χ0) is 18.0. The van der Waals surface area contributed by atoms with Crippen molar-refractivity contribution in [2.24, 2.45) is 0 Å². The molecule has 25 heavy (non-hydrogen) atoms. The van der Waals surface area contributed by atoms with Gasteiger partial charge in [-0.3, -0.25) is 4.90 Å². The van der Waals surface area contributed by atoms with Crippen molar-refractivity contribution < 1.29 is 12.8 Å². The van der Waals surface area contributed by atoms with Gasteiger partial charge in [0.1, 0.15) is 0 Å². The van der Waals surface area contributed by atoms with Gasteiger partial charge in [-0.1, -0.05) is 11.6 Å². The first-order valence-electron chi connectivity index (χ1n) is 8.06. The highest BCUT2D eigenvalue weighted by Crippen LogP contribution is 2.22. The van der Waals surface area contributed by atoms with Gasteiger partial charge in [-0.15, -0.1) is 10.2 Å². The van der Waals surface area contributed by atoms with Gasteiger partial charge in [0.25, 0.3) is 0 Å². The zero-order valence-electron chi connectivity index (χ0n) is 14.2. The average molecular weight is 385 g/mol. The number of rotatable bonds is 5. The van der Waals surface area contributed by atoms with Crippen molar-refractivity contribution in [1.29, 1.82) is 0 Å². The quantitative estimate of drug-likeness (QED) is 0.786. The van der Waals surface area contributed by atoms with E-state index < -0.39 is 10.0 Å². The van der Waals surface area contributed by atoms with Crippen LogP contribution in [0.2, 0.25) is 5.02 Å². The lowest BCUT2D eigenvalue weighted by atomic mass is 10.1. The second-order valence-corrected chi connectivity index (χ2v) is 8.77. The molecule has 1 fully saturated rings. The van der Waals surface area contributed by atoms with Crippen LogP contribution >= 0.6 is 11.6 Å². The summed E-state index contributed by atoms with van der Waals surface area (Å²) < 4.78 is 30.5. The summed E-state index contributed by atoms with van der Waals surface area (Å²) in [5, 5.41) is 8.85. The third kappa shape index (κ3) is 4.58. The molecule has 136 valence electrons. The largest absolute Gasteiger partial charge is 0.419 e. The SMILES string of the molecule is CN(C1CCN(Cc2nnc(-c3ccc(Cl)cc3)o2)CC1)S(C)(=O)=O. The van der Waals surface area contributed by atoms with Gasteiger partial charge >= 0.3 is 0 Å². The van der Waals surface area contributed by atoms with Crippen molar-refractivity contribution >= 4 is 21.6 Å². The van der Waals surface area contributed by atoms with Gasteiger partial charge in [0.2, 0.25) is 21.8 Å². The van der Waals surface area contributed by atoms with Crippen LogP contribution in [-0.2, 0) is 16.6 Å². The van der Waals surface area contributed by atoms with E-state index in [1.165, 1.54) is 10.6 Å². The molecule has 0 atom stereocenters. The topological polar surface area (TPSA) is 79.5 Å². The molecule has 0 saturated carbocycles. The van der Waals surface area contributed by atoms with Crippen LogP contribution in [0.5, 0.6) is 0 Å². The van der Waals surface area contributed by atoms with Crippen molar-refractivity contribution in [3.63, 3.8) is 0 Å². The molecule has 0 N–H and O–H groups in total. The van der Waals surface area contributed by atoms with E-state index in [0.717, 1.165) is 31.5 Å². The Hall–Kier alpha value is -1.48. The number of hydrogen-bond acceptors (Lipinski definition) is 6. The van der Waals surface area contributed by atoms with Gasteiger partial charge in [0, 0.05) is 36.8 Å². The van der Waals surface area contributed by atoms with E-state index in [1.54, 1.807) is 19.2 Å². The van der Waals surface area contributed by atoms with E-state index in [-0.39, 0.29) is 6.04 Å². The summed E-state index contributed by atoms with van der Waals surface area (Å²) in [5.74, 6) is 1.03. The van der Waals surface area contributed by atoms with E-state index in [0.29, 0.717) is 23.3 Å². The van der Waals surface area contributed by atoms with E-state index in [1.807, 2.05) is 12.1 Å². The molecule has 1 aromatic carbocycles. The predicted molar refractivity (Wildman–Crippen MR) is 95.6 cm³/mol. The molecule has 1 aromatic heterocycles. The number of hydrogen-bond donors (Lipinski definition) is 0. The van der Waals surface area contributed by atoms with E-state index in [4.69, 9.17) is 16.0 Å². The molecule has 1 aliphatic rings. The van der Waals surface area contributed by atoms with Gasteiger partial charge in [0.15, 0.2) is 0 Å². The van der Waals surface area contributed by atoms with Crippen LogP contribution in [0.15, 0.2) is 28.7 Å². The Bertz CT molecular complexity index is 814. The average Bonchev–Trinajstić information content (AvgIpc) is 3.03. The van der Waals surface area contributed by atoms with Gasteiger partial charge in [-0.05, 0) is 37.1 Å². The Kier molecular flexibility index (Phi) is 5.43. The molecule has 0 unspecified atom stereocenters. The molecule has 1 aliphatic heterocycles. The Labute approximate surface area is 152 Å². The smallest absolute Gasteiger partial charge is 0.247 e. The molecule has 0 aliphatic carbocycles. The lowest BCUT2D eigenvalue weighted by Gasteiger charge is -2.34. The highest BCUT2D eigenvalue weighted by atomic mass is 35.5. The molecule has 1 saturated heterocycles. The molecular formula is C16H21ClN4O3S. The number of aromatic nitrogens is 2. The third-order valence-corrected chi connectivity index (χ3v) is 6.11. The Morgan fingerprint density at radius 1 is 1.24 bits per heavy atom. The standard InChI is InChI=1S/C16H21ClN4O3S/c1-20(25(2,22)23)14-7-9-21(10-8-14)11-15-18-19-16(24-15)12-3-5-13(17)6-4-12/h3-6,14H,7-11H2,1-2H3. The summed E-state index contributed by atoms with van der Waals surface area (Å²) in [6, 6.07) is 7.30. The van der Waals surface area contributed by atoms with Crippen molar-refractivity contribution in [1.82, 2.24) is 19.4 Å². The minimum atomic E-state index is -3.14. The fourth-order valence-electron chi connectivity index (χ4n) is 2.93. The summed E-state index contributed by atoms with van der Waals surface area (Å²) in [7, 11) is -1.50. The number of piperidine rings is 1. The van der Waals surface area contributed by atoms with Crippen LogP contribution in [0.4, 0.5) is 0 Å². The first-order chi connectivity index (χ1) is 11.8. The lowest BCUT2D eigenvalue weighted by molar-refractivity contribution is 0.153. The van der Waals surface area contributed by atoms with E-state index in [9.17, 15) is 8.42 Å². The van der Waals surface area contributed by atoms with Crippen molar-refractivity contribution in [3.8, 4) is 11.5 Å². The zero-order valence-corrected chi connectivity index (χ0v) is 15.8. The Balaban J connectivity index is 1.57. The highest BCUT2D eigenvalue weighted by Gasteiger charge is 2.27. The van der Waals surface area contributed by atoms with Crippen molar-refractivity contribution in [2.75, 3.05) is 26.4 Å². The second-order valence-electron chi connectivity index (χ2n) is 6.29. The summed E-state index contributed by atoms with van der Waals surface area (Å²) in [4.78, 5) is 2.20. The van der Waals surface area contributed by atoms with Crippen LogP contribution < -0.4 is 0 Å². The Morgan fingerprint density at radius 3 is 2.48 bits per heavy atom. The molecule has 3 rings (SSSR count). The van der Waals surface area contributed by atoms with Crippen molar-refractivity contribution in [3.05, 3.63) is 35.2 Å². The molecule has 0 bridgehead atoms. The maximum Gasteiger partial charge on any atom is 0.247 e. The minimum Gasteiger partial charge on any atom is -0.419 e. The summed E-state index contributed by atoms with van der Waals surface area (Å²) >= 11 is 5.88. The number of nitrogens with zero attached hydrogens (tertiary/aromatic N) is 4. The monoisotopic (exact) mass is 384 g/mol. The fourth-order valence-corrected chi connectivity index (χ4v) is 3.81. The molecular weight excluding hydrogens is 364 g/mol. The van der Waals surface area contributed by atoms with Gasteiger partial charge in [-0.25, -0.2) is 12.7 Å². The molecule has 0 radical (unpaired) electrons. The maximum atomic E-state index is 11.6. The molecule has 9 heteroatoms. The normalized spacial score (nSPS) is 17.3. The summed E-state index contributed by atoms with van der Waals surface area (Å²) in [6.07, 6.45) is 2.83. The van der Waals surface area contributed by atoms with Crippen LogP contribution in [0, 0.1) is 0 Å². The Morgan fingerprint density at radius 2 is 1.88 bits per heavy atom. The molecule has 0 amide bonds. The first kappa shape index (κ1) is 18.3. The van der Waals surface area contributed by atoms with Crippen LogP contribution in [0.3, 0.4) is 0 Å². The highest BCUT2D eigenvalue weighted by molar-refractivity contribution is 7.88. The molecule has 2 aromatic rings. The van der Waals surface area contributed by atoms with Crippen LogP contribution in [-0.4, -0.2) is 60.3 Å². The summed E-state index contributed by atoms with van der Waals surface area (Å²) in [5.41, 5.74) is 0.830. The van der Waals surface area contributed by atoms with Crippen LogP contribution in [0.1, 0.15) is 18.7 Å². The number of likely N-dealkylation sites (tertiary alicyclic amines) is 1. The molecule has 7 nitrogen and oxygen atoms in total. The summed E-state index contributed by atoms with van der Waals surface area (Å²) in [6.45, 7) is 2.16. The second kappa shape index (κ2) is 7.41. The number of halogens is 1. The fraction of sp³-hybridized carbons (Fsp3) is 0.500. The third-order valence-electron chi connectivity index (χ3n) is 4.51. The van der Waals surface area contributed by atoms with Gasteiger partial charge < -0.3 is 4.42 Å². The molecule has 0 spiro atoms. The van der Waals surface area contributed by atoms with Gasteiger partial charge in [-0.2, -0.15) is 0 Å². The predicted octanol–water partition coefficient (Wildman–Crippen LogP) is 2.25. The number of benzene rings is 1. The first-order valence-corrected chi connectivity index (χ1v) is 10.3. The van der Waals surface area contributed by atoms with Gasteiger partial charge in [0.05, 0.1) is 12.8 Å². The van der Waals surface area contributed by atoms with Crippen LogP contribution in [0.25, 0.3) is 11.5 Å².